The molecule has 0 spiro atoms. The summed E-state index contributed by atoms with van der Waals surface area (Å²) in [5.74, 6) is 0.145. The van der Waals surface area contributed by atoms with Gasteiger partial charge in [0, 0.05) is 13.1 Å². The molecule has 2 N–H and O–H groups in total. The third-order valence-electron chi connectivity index (χ3n) is 2.71. The maximum absolute atomic E-state index is 11.7. The van der Waals surface area contributed by atoms with E-state index in [1.54, 1.807) is 11.3 Å². The number of carbonyl (C=O) groups is 1. The second kappa shape index (κ2) is 5.80. The van der Waals surface area contributed by atoms with Crippen molar-refractivity contribution >= 4 is 33.2 Å². The van der Waals surface area contributed by atoms with Crippen LogP contribution >= 0.6 is 27.3 Å². The van der Waals surface area contributed by atoms with Crippen LogP contribution in [0.2, 0.25) is 0 Å². The Morgan fingerprint density at radius 3 is 3.19 bits per heavy atom. The van der Waals surface area contributed by atoms with E-state index in [0.717, 1.165) is 36.1 Å². The van der Waals surface area contributed by atoms with Crippen LogP contribution in [0.5, 0.6) is 0 Å². The molecule has 0 radical (unpaired) electrons. The first-order valence-electron chi connectivity index (χ1n) is 5.50. The van der Waals surface area contributed by atoms with Gasteiger partial charge in [0.2, 0.25) is 5.91 Å². The van der Waals surface area contributed by atoms with Crippen LogP contribution in [-0.4, -0.2) is 18.5 Å². The Hall–Kier alpha value is -0.390. The SMILES string of the molecule is O=C1NCCCC[C@@H]1NCc1csc(Br)c1. The van der Waals surface area contributed by atoms with Gasteiger partial charge in [-0.05, 0) is 52.2 Å². The van der Waals surface area contributed by atoms with Crippen molar-refractivity contribution in [3.63, 3.8) is 0 Å². The fourth-order valence-corrected chi connectivity index (χ4v) is 3.02. The van der Waals surface area contributed by atoms with Gasteiger partial charge >= 0.3 is 0 Å². The van der Waals surface area contributed by atoms with Gasteiger partial charge in [0.05, 0.1) is 9.83 Å². The minimum Gasteiger partial charge on any atom is -0.355 e. The summed E-state index contributed by atoms with van der Waals surface area (Å²) >= 11 is 5.11. The second-order valence-electron chi connectivity index (χ2n) is 3.98. The van der Waals surface area contributed by atoms with E-state index in [1.807, 2.05) is 0 Å². The lowest BCUT2D eigenvalue weighted by atomic mass is 10.1. The molecule has 1 saturated heterocycles. The van der Waals surface area contributed by atoms with Gasteiger partial charge in [0.15, 0.2) is 0 Å². The number of carbonyl (C=O) groups excluding carboxylic acids is 1. The second-order valence-corrected chi connectivity index (χ2v) is 6.27. The Bertz CT molecular complexity index is 367. The van der Waals surface area contributed by atoms with Gasteiger partial charge < -0.3 is 10.6 Å². The number of nitrogens with one attached hydrogen (secondary N) is 2. The number of halogens is 1. The third-order valence-corrected chi connectivity index (χ3v) is 4.26. The molecule has 0 bridgehead atoms. The molecule has 1 aromatic rings. The summed E-state index contributed by atoms with van der Waals surface area (Å²) in [5.41, 5.74) is 1.23. The Morgan fingerprint density at radius 1 is 1.56 bits per heavy atom. The van der Waals surface area contributed by atoms with Gasteiger partial charge in [-0.15, -0.1) is 11.3 Å². The van der Waals surface area contributed by atoms with E-state index in [2.05, 4.69) is 38.0 Å². The normalized spacial score (nSPS) is 21.6. The molecule has 88 valence electrons. The van der Waals surface area contributed by atoms with Crippen LogP contribution in [0, 0.1) is 0 Å². The van der Waals surface area contributed by atoms with E-state index in [0.29, 0.717) is 0 Å². The minimum atomic E-state index is -0.0267. The number of hydrogen-bond acceptors (Lipinski definition) is 3. The molecule has 0 aliphatic carbocycles. The van der Waals surface area contributed by atoms with Crippen molar-refractivity contribution in [3.05, 3.63) is 20.8 Å². The van der Waals surface area contributed by atoms with Crippen molar-refractivity contribution in [3.8, 4) is 0 Å². The lowest BCUT2D eigenvalue weighted by molar-refractivity contribution is -0.122. The average molecular weight is 303 g/mol. The molecule has 1 aliphatic rings. The molecule has 1 atom stereocenters. The molecule has 3 nitrogen and oxygen atoms in total. The largest absolute Gasteiger partial charge is 0.355 e. The summed E-state index contributed by atoms with van der Waals surface area (Å²) in [6, 6.07) is 2.06. The molecule has 1 fully saturated rings. The van der Waals surface area contributed by atoms with E-state index in [4.69, 9.17) is 0 Å². The van der Waals surface area contributed by atoms with Crippen molar-refractivity contribution in [2.45, 2.75) is 31.8 Å². The first kappa shape index (κ1) is 12.1. The summed E-state index contributed by atoms with van der Waals surface area (Å²) in [7, 11) is 0. The maximum Gasteiger partial charge on any atom is 0.237 e. The molecular formula is C11H15BrN2OS. The summed E-state index contributed by atoms with van der Waals surface area (Å²) in [6.45, 7) is 1.58. The lowest BCUT2D eigenvalue weighted by Gasteiger charge is -2.14. The van der Waals surface area contributed by atoms with Gasteiger partial charge in [-0.1, -0.05) is 0 Å². The minimum absolute atomic E-state index is 0.0267. The molecule has 1 amide bonds. The van der Waals surface area contributed by atoms with E-state index >= 15 is 0 Å². The highest BCUT2D eigenvalue weighted by Gasteiger charge is 2.19. The predicted octanol–water partition coefficient (Wildman–Crippen LogP) is 2.27. The van der Waals surface area contributed by atoms with Gasteiger partial charge in [-0.3, -0.25) is 4.79 Å². The zero-order chi connectivity index (χ0) is 11.4. The topological polar surface area (TPSA) is 41.1 Å². The summed E-state index contributed by atoms with van der Waals surface area (Å²) in [5, 5.41) is 8.35. The fraction of sp³-hybridized carbons (Fsp3) is 0.545. The Kier molecular flexibility index (Phi) is 4.37. The Balaban J connectivity index is 1.86. The zero-order valence-corrected chi connectivity index (χ0v) is 11.4. The standard InChI is InChI=1S/C11H15BrN2OS/c12-10-5-8(7-16-10)6-14-9-3-1-2-4-13-11(9)15/h5,7,9,14H,1-4,6H2,(H,13,15)/t9-/m0/s1. The van der Waals surface area contributed by atoms with Crippen molar-refractivity contribution in [1.82, 2.24) is 10.6 Å². The molecule has 2 heterocycles. The van der Waals surface area contributed by atoms with E-state index < -0.39 is 0 Å². The van der Waals surface area contributed by atoms with Crippen LogP contribution in [0.1, 0.15) is 24.8 Å². The van der Waals surface area contributed by atoms with Gasteiger partial charge in [0.25, 0.3) is 0 Å². The molecule has 0 unspecified atom stereocenters. The van der Waals surface area contributed by atoms with Crippen molar-refractivity contribution in [2.75, 3.05) is 6.54 Å². The molecule has 5 heteroatoms. The van der Waals surface area contributed by atoms with Gasteiger partial charge in [-0.2, -0.15) is 0 Å². The highest BCUT2D eigenvalue weighted by Crippen LogP contribution is 2.20. The van der Waals surface area contributed by atoms with Crippen LogP contribution in [0.15, 0.2) is 15.2 Å². The Morgan fingerprint density at radius 2 is 2.44 bits per heavy atom. The molecule has 0 aromatic carbocycles. The van der Waals surface area contributed by atoms with E-state index in [9.17, 15) is 4.79 Å². The molecular weight excluding hydrogens is 288 g/mol. The van der Waals surface area contributed by atoms with Crippen molar-refractivity contribution in [2.24, 2.45) is 0 Å². The smallest absolute Gasteiger partial charge is 0.237 e. The van der Waals surface area contributed by atoms with E-state index in [1.165, 1.54) is 5.56 Å². The molecule has 2 rings (SSSR count). The Labute approximate surface area is 108 Å². The van der Waals surface area contributed by atoms with Gasteiger partial charge in [0.1, 0.15) is 0 Å². The lowest BCUT2D eigenvalue weighted by Crippen LogP contribution is -2.42. The molecule has 0 saturated carbocycles. The van der Waals surface area contributed by atoms with Crippen LogP contribution in [0.3, 0.4) is 0 Å². The van der Waals surface area contributed by atoms with Crippen LogP contribution < -0.4 is 10.6 Å². The predicted molar refractivity (Wildman–Crippen MR) is 69.5 cm³/mol. The average Bonchev–Trinajstić information content (AvgIpc) is 2.56. The van der Waals surface area contributed by atoms with Crippen molar-refractivity contribution < 1.29 is 4.79 Å². The summed E-state index contributed by atoms with van der Waals surface area (Å²) in [6.07, 6.45) is 3.15. The van der Waals surface area contributed by atoms with Crippen LogP contribution in [0.4, 0.5) is 0 Å². The zero-order valence-electron chi connectivity index (χ0n) is 8.96. The number of thiophene rings is 1. The monoisotopic (exact) mass is 302 g/mol. The van der Waals surface area contributed by atoms with E-state index in [-0.39, 0.29) is 11.9 Å². The fourth-order valence-electron chi connectivity index (χ4n) is 1.81. The molecule has 1 aromatic heterocycles. The highest BCUT2D eigenvalue weighted by molar-refractivity contribution is 9.11. The number of amides is 1. The number of hydrogen-bond donors (Lipinski definition) is 2. The maximum atomic E-state index is 11.7. The third kappa shape index (κ3) is 3.30. The van der Waals surface area contributed by atoms with Gasteiger partial charge in [-0.25, -0.2) is 0 Å². The van der Waals surface area contributed by atoms with Crippen molar-refractivity contribution in [1.29, 1.82) is 0 Å². The summed E-state index contributed by atoms with van der Waals surface area (Å²) in [4.78, 5) is 11.7. The van der Waals surface area contributed by atoms with Crippen LogP contribution in [-0.2, 0) is 11.3 Å². The first-order valence-corrected chi connectivity index (χ1v) is 7.17. The summed E-state index contributed by atoms with van der Waals surface area (Å²) < 4.78 is 1.13. The molecule has 1 aliphatic heterocycles. The number of rotatable bonds is 3. The van der Waals surface area contributed by atoms with Crippen LogP contribution in [0.25, 0.3) is 0 Å². The first-order chi connectivity index (χ1) is 7.75. The molecule has 16 heavy (non-hydrogen) atoms. The highest BCUT2D eigenvalue weighted by atomic mass is 79.9. The quantitative estimate of drug-likeness (QED) is 0.899.